The molecule has 6 nitrogen and oxygen atoms in total. The lowest BCUT2D eigenvalue weighted by Crippen LogP contribution is -2.29. The summed E-state index contributed by atoms with van der Waals surface area (Å²) in [7, 11) is 0. The van der Waals surface area contributed by atoms with Gasteiger partial charge in [0, 0.05) is 0 Å². The average Bonchev–Trinajstić information content (AvgIpc) is 2.32. The number of nitrogen functional groups attached to an aromatic ring is 1. The molecule has 0 radical (unpaired) electrons. The normalized spacial score (nSPS) is 19.1. The third-order valence-electron chi connectivity index (χ3n) is 3.44. The van der Waals surface area contributed by atoms with Gasteiger partial charge in [0.1, 0.15) is 6.10 Å². The number of hydrogen-bond acceptors (Lipinski definition) is 6. The standard InChI is InChI=1S/C13H22N4O2/c1-4-18-11-15-10(14)16-12(17-11)19-9-5-7-13(2,3)8-6-9/h9H,4-8H2,1-3H3,(H2,14,15,16,17). The summed E-state index contributed by atoms with van der Waals surface area (Å²) in [4.78, 5) is 12.0. The van der Waals surface area contributed by atoms with Gasteiger partial charge in [0.2, 0.25) is 5.95 Å². The van der Waals surface area contributed by atoms with Crippen LogP contribution in [0.4, 0.5) is 5.95 Å². The third kappa shape index (κ3) is 3.94. The van der Waals surface area contributed by atoms with Gasteiger partial charge >= 0.3 is 12.0 Å². The summed E-state index contributed by atoms with van der Waals surface area (Å²) in [5.41, 5.74) is 6.03. The zero-order valence-corrected chi connectivity index (χ0v) is 11.8. The van der Waals surface area contributed by atoms with Gasteiger partial charge in [0.05, 0.1) is 6.61 Å². The fourth-order valence-corrected chi connectivity index (χ4v) is 2.24. The largest absolute Gasteiger partial charge is 0.464 e. The zero-order valence-electron chi connectivity index (χ0n) is 11.8. The van der Waals surface area contributed by atoms with E-state index < -0.39 is 0 Å². The predicted octanol–water partition coefficient (Wildman–Crippen LogP) is 2.20. The second kappa shape index (κ2) is 5.59. The summed E-state index contributed by atoms with van der Waals surface area (Å²) in [6.07, 6.45) is 4.49. The Morgan fingerprint density at radius 3 is 2.42 bits per heavy atom. The molecule has 2 rings (SSSR count). The molecule has 106 valence electrons. The molecule has 0 aromatic carbocycles. The molecule has 0 amide bonds. The van der Waals surface area contributed by atoms with Crippen molar-refractivity contribution in [3.8, 4) is 12.0 Å². The van der Waals surface area contributed by atoms with Crippen LogP contribution in [0.5, 0.6) is 12.0 Å². The third-order valence-corrected chi connectivity index (χ3v) is 3.44. The quantitative estimate of drug-likeness (QED) is 0.899. The first-order chi connectivity index (χ1) is 8.98. The van der Waals surface area contributed by atoms with Gasteiger partial charge in [-0.15, -0.1) is 4.98 Å². The van der Waals surface area contributed by atoms with Crippen molar-refractivity contribution in [1.29, 1.82) is 0 Å². The van der Waals surface area contributed by atoms with Crippen LogP contribution < -0.4 is 15.2 Å². The molecule has 1 aromatic heterocycles. The summed E-state index contributed by atoms with van der Waals surface area (Å²) in [5, 5.41) is 0. The van der Waals surface area contributed by atoms with Gasteiger partial charge in [0.15, 0.2) is 0 Å². The van der Waals surface area contributed by atoms with Crippen LogP contribution in [0.2, 0.25) is 0 Å². The van der Waals surface area contributed by atoms with E-state index in [2.05, 4.69) is 28.8 Å². The number of hydrogen-bond donors (Lipinski definition) is 1. The maximum Gasteiger partial charge on any atom is 0.324 e. The minimum absolute atomic E-state index is 0.129. The van der Waals surface area contributed by atoms with Crippen LogP contribution in [0.25, 0.3) is 0 Å². The SMILES string of the molecule is CCOc1nc(N)nc(OC2CCC(C)(C)CC2)n1. The summed E-state index contributed by atoms with van der Waals surface area (Å²) in [5.74, 6) is 0.129. The highest BCUT2D eigenvalue weighted by Gasteiger charge is 2.28. The number of anilines is 1. The lowest BCUT2D eigenvalue weighted by atomic mass is 9.76. The molecular weight excluding hydrogens is 244 g/mol. The van der Waals surface area contributed by atoms with Gasteiger partial charge in [-0.1, -0.05) is 13.8 Å². The maximum atomic E-state index is 5.79. The molecule has 0 bridgehead atoms. The Labute approximate surface area is 113 Å². The summed E-state index contributed by atoms with van der Waals surface area (Å²) < 4.78 is 11.0. The van der Waals surface area contributed by atoms with Crippen LogP contribution in [0.3, 0.4) is 0 Å². The van der Waals surface area contributed by atoms with E-state index in [-0.39, 0.29) is 24.1 Å². The molecule has 0 saturated heterocycles. The Kier molecular flexibility index (Phi) is 4.07. The van der Waals surface area contributed by atoms with E-state index in [1.165, 1.54) is 0 Å². The van der Waals surface area contributed by atoms with E-state index >= 15 is 0 Å². The summed E-state index contributed by atoms with van der Waals surface area (Å²) >= 11 is 0. The lowest BCUT2D eigenvalue weighted by Gasteiger charge is -2.33. The second-order valence-corrected chi connectivity index (χ2v) is 5.67. The Bertz CT molecular complexity index is 427. The molecule has 0 unspecified atom stereocenters. The first-order valence-corrected chi connectivity index (χ1v) is 6.79. The van der Waals surface area contributed by atoms with Crippen molar-refractivity contribution in [2.75, 3.05) is 12.3 Å². The summed E-state index contributed by atoms with van der Waals surface area (Å²) in [6.45, 7) is 6.93. The summed E-state index contributed by atoms with van der Waals surface area (Å²) in [6, 6.07) is 0.488. The van der Waals surface area contributed by atoms with Crippen LogP contribution in [-0.2, 0) is 0 Å². The molecule has 0 atom stereocenters. The van der Waals surface area contributed by atoms with Gasteiger partial charge in [-0.25, -0.2) is 0 Å². The minimum Gasteiger partial charge on any atom is -0.464 e. The second-order valence-electron chi connectivity index (χ2n) is 5.67. The van der Waals surface area contributed by atoms with Crippen LogP contribution in [0.15, 0.2) is 0 Å². The van der Waals surface area contributed by atoms with Crippen molar-refractivity contribution in [3.05, 3.63) is 0 Å². The first kappa shape index (κ1) is 13.8. The monoisotopic (exact) mass is 266 g/mol. The van der Waals surface area contributed by atoms with Gasteiger partial charge in [-0.05, 0) is 38.0 Å². The predicted molar refractivity (Wildman–Crippen MR) is 72.1 cm³/mol. The smallest absolute Gasteiger partial charge is 0.324 e. The highest BCUT2D eigenvalue weighted by Crippen LogP contribution is 2.36. The van der Waals surface area contributed by atoms with Crippen LogP contribution in [0.1, 0.15) is 46.5 Å². The molecule has 1 aliphatic rings. The molecule has 1 aromatic rings. The molecule has 0 spiro atoms. The van der Waals surface area contributed by atoms with Crippen molar-refractivity contribution in [2.45, 2.75) is 52.6 Å². The highest BCUT2D eigenvalue weighted by molar-refractivity contribution is 5.20. The van der Waals surface area contributed by atoms with Crippen LogP contribution in [0, 0.1) is 5.41 Å². The average molecular weight is 266 g/mol. The lowest BCUT2D eigenvalue weighted by molar-refractivity contribution is 0.0895. The van der Waals surface area contributed by atoms with E-state index in [1.54, 1.807) is 0 Å². The molecule has 1 aliphatic carbocycles. The Balaban J connectivity index is 1.99. The molecular formula is C13H22N4O2. The van der Waals surface area contributed by atoms with Crippen LogP contribution in [-0.4, -0.2) is 27.7 Å². The Hall–Kier alpha value is -1.59. The molecule has 0 aliphatic heterocycles. The topological polar surface area (TPSA) is 83.2 Å². The molecule has 19 heavy (non-hydrogen) atoms. The van der Waals surface area contributed by atoms with E-state index in [0.717, 1.165) is 25.7 Å². The first-order valence-electron chi connectivity index (χ1n) is 6.79. The van der Waals surface area contributed by atoms with Crippen LogP contribution >= 0.6 is 0 Å². The van der Waals surface area contributed by atoms with E-state index in [0.29, 0.717) is 12.0 Å². The zero-order chi connectivity index (χ0) is 13.9. The van der Waals surface area contributed by atoms with Gasteiger partial charge in [0.25, 0.3) is 0 Å². The highest BCUT2D eigenvalue weighted by atomic mass is 16.5. The Morgan fingerprint density at radius 1 is 1.16 bits per heavy atom. The van der Waals surface area contributed by atoms with Crippen molar-refractivity contribution in [1.82, 2.24) is 15.0 Å². The minimum atomic E-state index is 0.129. The van der Waals surface area contributed by atoms with E-state index in [9.17, 15) is 0 Å². The Morgan fingerprint density at radius 2 is 1.79 bits per heavy atom. The number of nitrogens with zero attached hydrogens (tertiary/aromatic N) is 3. The van der Waals surface area contributed by atoms with Crippen molar-refractivity contribution < 1.29 is 9.47 Å². The van der Waals surface area contributed by atoms with Crippen molar-refractivity contribution in [3.63, 3.8) is 0 Å². The van der Waals surface area contributed by atoms with E-state index in [4.69, 9.17) is 15.2 Å². The fraction of sp³-hybridized carbons (Fsp3) is 0.769. The number of rotatable bonds is 4. The molecule has 1 heterocycles. The van der Waals surface area contributed by atoms with Crippen molar-refractivity contribution >= 4 is 5.95 Å². The molecule has 6 heteroatoms. The fourth-order valence-electron chi connectivity index (χ4n) is 2.24. The number of ether oxygens (including phenoxy) is 2. The molecule has 1 saturated carbocycles. The van der Waals surface area contributed by atoms with Gasteiger partial charge in [-0.3, -0.25) is 0 Å². The van der Waals surface area contributed by atoms with Crippen molar-refractivity contribution in [2.24, 2.45) is 5.41 Å². The maximum absolute atomic E-state index is 5.79. The van der Waals surface area contributed by atoms with E-state index in [1.807, 2.05) is 6.92 Å². The molecule has 1 fully saturated rings. The molecule has 2 N–H and O–H groups in total. The van der Waals surface area contributed by atoms with Gasteiger partial charge in [-0.2, -0.15) is 9.97 Å². The van der Waals surface area contributed by atoms with Gasteiger partial charge < -0.3 is 15.2 Å². The number of nitrogens with two attached hydrogens (primary N) is 1. The number of aromatic nitrogens is 3.